The summed E-state index contributed by atoms with van der Waals surface area (Å²) in [5, 5.41) is 0. The molecule has 0 aliphatic carbocycles. The Morgan fingerprint density at radius 1 is 1.32 bits per heavy atom. The molecular formula is C22H30F3N3O6. The van der Waals surface area contributed by atoms with Gasteiger partial charge in [0.2, 0.25) is 0 Å². The first-order valence-corrected chi connectivity index (χ1v) is 11.2. The van der Waals surface area contributed by atoms with E-state index in [0.717, 1.165) is 25.7 Å². The molecule has 0 aromatic carbocycles. The van der Waals surface area contributed by atoms with Crippen LogP contribution in [0.1, 0.15) is 57.7 Å². The van der Waals surface area contributed by atoms with E-state index in [1.54, 1.807) is 9.88 Å². The molecule has 1 aromatic heterocycles. The highest BCUT2D eigenvalue weighted by Gasteiger charge is 2.40. The van der Waals surface area contributed by atoms with Crippen LogP contribution >= 0.6 is 0 Å². The average Bonchev–Trinajstić information content (AvgIpc) is 3.17. The standard InChI is InChI=1S/C22H30F3N3O6/c1-4-7-8-9-10-27(6-3)21(31)33-14-17-16(32-11-5-2)12-18(34-17)28-13-15(22(23,24)25)19(29)26-20(28)30/h2,13,16-18H,4,6-12,14H2,1,3H3,(H,26,29,30)/t16-,17+,18+/m0/s1. The number of rotatable bonds is 11. The highest BCUT2D eigenvalue weighted by atomic mass is 19.4. The smallest absolute Gasteiger partial charge is 0.423 e. The van der Waals surface area contributed by atoms with Crippen LogP contribution in [-0.2, 0) is 20.4 Å². The Kier molecular flexibility index (Phi) is 10.2. The summed E-state index contributed by atoms with van der Waals surface area (Å²) in [4.78, 5) is 39.4. The van der Waals surface area contributed by atoms with Crippen LogP contribution in [0, 0.1) is 12.3 Å². The number of nitrogens with zero attached hydrogens (tertiary/aromatic N) is 2. The zero-order valence-electron chi connectivity index (χ0n) is 19.2. The van der Waals surface area contributed by atoms with Gasteiger partial charge in [-0.25, -0.2) is 9.59 Å². The molecule has 0 bridgehead atoms. The van der Waals surface area contributed by atoms with Gasteiger partial charge in [-0.1, -0.05) is 32.1 Å². The molecule has 1 aromatic rings. The van der Waals surface area contributed by atoms with Crippen molar-refractivity contribution in [3.05, 3.63) is 32.6 Å². The first-order valence-electron chi connectivity index (χ1n) is 11.2. The fraction of sp³-hybridized carbons (Fsp3) is 0.682. The van der Waals surface area contributed by atoms with E-state index in [0.29, 0.717) is 23.9 Å². The van der Waals surface area contributed by atoms with Gasteiger partial charge in [-0.15, -0.1) is 6.42 Å². The lowest BCUT2D eigenvalue weighted by Gasteiger charge is -2.23. The zero-order valence-corrected chi connectivity index (χ0v) is 19.2. The Balaban J connectivity index is 2.12. The van der Waals surface area contributed by atoms with Crippen LogP contribution in [0.25, 0.3) is 0 Å². The van der Waals surface area contributed by atoms with Gasteiger partial charge in [0.15, 0.2) is 0 Å². The summed E-state index contributed by atoms with van der Waals surface area (Å²) in [6.07, 6.45) is 1.23. The number of terminal acetylenes is 1. The maximum Gasteiger partial charge on any atom is 0.423 e. The second-order valence-corrected chi connectivity index (χ2v) is 7.84. The van der Waals surface area contributed by atoms with Crippen LogP contribution in [0.3, 0.4) is 0 Å². The quantitative estimate of drug-likeness (QED) is 0.379. The molecule has 9 nitrogen and oxygen atoms in total. The molecular weight excluding hydrogens is 459 g/mol. The number of alkyl halides is 3. The summed E-state index contributed by atoms with van der Waals surface area (Å²) in [7, 11) is 0. The van der Waals surface area contributed by atoms with Gasteiger partial charge in [0, 0.05) is 25.7 Å². The molecule has 2 heterocycles. The van der Waals surface area contributed by atoms with Crippen molar-refractivity contribution in [3.8, 4) is 12.3 Å². The fourth-order valence-corrected chi connectivity index (χ4v) is 3.61. The first-order chi connectivity index (χ1) is 16.1. The number of nitrogens with one attached hydrogen (secondary N) is 1. The molecule has 0 unspecified atom stereocenters. The number of aromatic amines is 1. The Morgan fingerprint density at radius 2 is 2.06 bits per heavy atom. The van der Waals surface area contributed by atoms with Crippen LogP contribution in [0.4, 0.5) is 18.0 Å². The molecule has 3 atom stereocenters. The van der Waals surface area contributed by atoms with E-state index in [4.69, 9.17) is 20.6 Å². The Bertz CT molecular complexity index is 968. The van der Waals surface area contributed by atoms with Gasteiger partial charge in [0.05, 0.1) is 6.10 Å². The molecule has 12 heteroatoms. The Labute approximate surface area is 195 Å². The van der Waals surface area contributed by atoms with Crippen molar-refractivity contribution < 1.29 is 32.2 Å². The third-order valence-electron chi connectivity index (χ3n) is 5.44. The third-order valence-corrected chi connectivity index (χ3v) is 5.44. The lowest BCUT2D eigenvalue weighted by atomic mass is 10.2. The number of unbranched alkanes of at least 4 members (excludes halogenated alkanes) is 3. The monoisotopic (exact) mass is 489 g/mol. The molecule has 1 fully saturated rings. The van der Waals surface area contributed by atoms with Gasteiger partial charge >= 0.3 is 18.0 Å². The first kappa shape index (κ1) is 27.5. The number of carbonyl (C=O) groups excluding carboxylic acids is 1. The van der Waals surface area contributed by atoms with Gasteiger partial charge in [-0.05, 0) is 13.3 Å². The topological polar surface area (TPSA) is 103 Å². The molecule has 0 radical (unpaired) electrons. The van der Waals surface area contributed by atoms with E-state index in [9.17, 15) is 27.6 Å². The van der Waals surface area contributed by atoms with E-state index in [1.165, 1.54) is 0 Å². The van der Waals surface area contributed by atoms with Crippen molar-refractivity contribution in [3.63, 3.8) is 0 Å². The molecule has 1 amide bonds. The predicted molar refractivity (Wildman–Crippen MR) is 116 cm³/mol. The van der Waals surface area contributed by atoms with Gasteiger partial charge in [0.1, 0.15) is 31.1 Å². The maximum absolute atomic E-state index is 13.1. The van der Waals surface area contributed by atoms with Crippen molar-refractivity contribution in [1.82, 2.24) is 14.5 Å². The van der Waals surface area contributed by atoms with Crippen LogP contribution in [-0.4, -0.2) is 59.1 Å². The highest BCUT2D eigenvalue weighted by molar-refractivity contribution is 5.67. The molecule has 1 aliphatic heterocycles. The second kappa shape index (κ2) is 12.6. The van der Waals surface area contributed by atoms with Gasteiger partial charge in [0.25, 0.3) is 5.56 Å². The molecule has 0 spiro atoms. The van der Waals surface area contributed by atoms with Crippen LogP contribution in [0.15, 0.2) is 15.8 Å². The van der Waals surface area contributed by atoms with Crippen molar-refractivity contribution in [2.24, 2.45) is 0 Å². The predicted octanol–water partition coefficient (Wildman–Crippen LogP) is 2.90. The van der Waals surface area contributed by atoms with Crippen molar-refractivity contribution >= 4 is 6.09 Å². The Hall–Kier alpha value is -2.78. The number of ether oxygens (including phenoxy) is 3. The lowest BCUT2D eigenvalue weighted by Crippen LogP contribution is -2.37. The number of hydrogen-bond acceptors (Lipinski definition) is 6. The maximum atomic E-state index is 13.1. The highest BCUT2D eigenvalue weighted by Crippen LogP contribution is 2.32. The third kappa shape index (κ3) is 7.36. The van der Waals surface area contributed by atoms with Crippen LogP contribution in [0.5, 0.6) is 0 Å². The molecule has 2 rings (SSSR count). The lowest BCUT2D eigenvalue weighted by molar-refractivity contribution is -0.139. The molecule has 190 valence electrons. The van der Waals surface area contributed by atoms with Gasteiger partial charge in [-0.2, -0.15) is 13.2 Å². The van der Waals surface area contributed by atoms with E-state index in [-0.39, 0.29) is 19.6 Å². The number of halogens is 3. The minimum atomic E-state index is -4.96. The summed E-state index contributed by atoms with van der Waals surface area (Å²) >= 11 is 0. The molecule has 0 saturated carbocycles. The second-order valence-electron chi connectivity index (χ2n) is 7.84. The van der Waals surface area contributed by atoms with Crippen molar-refractivity contribution in [2.45, 2.75) is 70.6 Å². The number of H-pyrrole nitrogens is 1. The minimum Gasteiger partial charge on any atom is -0.447 e. The number of aromatic nitrogens is 2. The SMILES string of the molecule is C#CCO[C@H]1C[C@H](n2cc(C(F)(F)F)c(=O)[nH]c2=O)O[C@@H]1COC(=O)N(CC)CCCCCC. The summed E-state index contributed by atoms with van der Waals surface area (Å²) in [6.45, 7) is 4.53. The molecule has 34 heavy (non-hydrogen) atoms. The number of amides is 1. The minimum absolute atomic E-state index is 0.0400. The summed E-state index contributed by atoms with van der Waals surface area (Å²) in [5.41, 5.74) is -4.15. The summed E-state index contributed by atoms with van der Waals surface area (Å²) < 4.78 is 56.6. The van der Waals surface area contributed by atoms with Gasteiger partial charge < -0.3 is 19.1 Å². The normalized spacial score (nSPS) is 20.2. The molecule has 1 saturated heterocycles. The van der Waals surface area contributed by atoms with Crippen molar-refractivity contribution in [1.29, 1.82) is 0 Å². The molecule has 1 aliphatic rings. The largest absolute Gasteiger partial charge is 0.447 e. The van der Waals surface area contributed by atoms with Crippen LogP contribution in [0.2, 0.25) is 0 Å². The van der Waals surface area contributed by atoms with Crippen molar-refractivity contribution in [2.75, 3.05) is 26.3 Å². The van der Waals surface area contributed by atoms with E-state index >= 15 is 0 Å². The number of carbonyl (C=O) groups is 1. The summed E-state index contributed by atoms with van der Waals surface area (Å²) in [6, 6.07) is 0. The average molecular weight is 489 g/mol. The van der Waals surface area contributed by atoms with E-state index < -0.39 is 47.5 Å². The fourth-order valence-electron chi connectivity index (χ4n) is 3.61. The van der Waals surface area contributed by atoms with E-state index in [1.807, 2.05) is 6.92 Å². The van der Waals surface area contributed by atoms with Gasteiger partial charge in [-0.3, -0.25) is 14.3 Å². The zero-order chi connectivity index (χ0) is 25.3. The van der Waals surface area contributed by atoms with Crippen LogP contribution < -0.4 is 11.2 Å². The number of hydrogen-bond donors (Lipinski definition) is 1. The molecule has 1 N–H and O–H groups in total. The Morgan fingerprint density at radius 3 is 2.68 bits per heavy atom. The van der Waals surface area contributed by atoms with E-state index in [2.05, 4.69) is 12.8 Å². The summed E-state index contributed by atoms with van der Waals surface area (Å²) in [5.74, 6) is 2.28.